The molecule has 1 heterocycles. The smallest absolute Gasteiger partial charge is 0.264 e. The molecule has 0 aliphatic carbocycles. The number of carbonyl (C=O) groups excluding carboxylic acids is 1. The average molecular weight is 531 g/mol. The van der Waals surface area contributed by atoms with Crippen LogP contribution < -0.4 is 23.8 Å². The summed E-state index contributed by atoms with van der Waals surface area (Å²) in [7, 11) is -2.52. The third kappa shape index (κ3) is 5.52. The van der Waals surface area contributed by atoms with Crippen molar-refractivity contribution in [2.24, 2.45) is 0 Å². The van der Waals surface area contributed by atoms with E-state index in [1.807, 2.05) is 32.0 Å². The van der Waals surface area contributed by atoms with Crippen LogP contribution in [0.2, 0.25) is 5.02 Å². The Balaban J connectivity index is 1.49. The Morgan fingerprint density at radius 3 is 2.58 bits per heavy atom. The second kappa shape index (κ2) is 10.7. The summed E-state index contributed by atoms with van der Waals surface area (Å²) in [5, 5.41) is 3.12. The molecule has 0 radical (unpaired) electrons. The van der Waals surface area contributed by atoms with Crippen LogP contribution in [0.1, 0.15) is 11.1 Å². The number of benzene rings is 3. The monoisotopic (exact) mass is 530 g/mol. The normalized spacial score (nSPS) is 15.0. The second-order valence-corrected chi connectivity index (χ2v) is 10.6. The molecule has 190 valence electrons. The zero-order valence-corrected chi connectivity index (χ0v) is 21.7. The number of aryl methyl sites for hydroxylation is 2. The first-order chi connectivity index (χ1) is 17.2. The summed E-state index contributed by atoms with van der Waals surface area (Å²) >= 11 is 6.15. The maximum Gasteiger partial charge on any atom is 0.264 e. The molecule has 4 rings (SSSR count). The minimum atomic E-state index is -4.02. The lowest BCUT2D eigenvalue weighted by molar-refractivity contribution is -0.127. The summed E-state index contributed by atoms with van der Waals surface area (Å²) in [5.74, 6) is 1.07. The summed E-state index contributed by atoms with van der Waals surface area (Å²) in [4.78, 5) is 13.0. The fourth-order valence-electron chi connectivity index (χ4n) is 3.78. The quantitative estimate of drug-likeness (QED) is 0.440. The van der Waals surface area contributed by atoms with E-state index in [4.69, 9.17) is 25.8 Å². The summed E-state index contributed by atoms with van der Waals surface area (Å²) in [5.41, 5.74) is 2.34. The number of nitrogens with one attached hydrogen (secondary N) is 1. The van der Waals surface area contributed by atoms with E-state index in [1.165, 1.54) is 25.3 Å². The standard InChI is InChI=1S/C26H27ClN2O6S/c1-17-4-5-18(2)24(14-17)34-13-12-28-26(30)25-16-29(22-15-19(27)6-11-23(22)35-25)36(31,32)21-9-7-20(33-3)8-10-21/h4-11,14-15,25H,12-13,16H2,1-3H3,(H,28,30). The maximum absolute atomic E-state index is 13.5. The number of amides is 1. The highest BCUT2D eigenvalue weighted by atomic mass is 35.5. The summed E-state index contributed by atoms with van der Waals surface area (Å²) in [6, 6.07) is 16.6. The molecule has 1 atom stereocenters. The van der Waals surface area contributed by atoms with Gasteiger partial charge < -0.3 is 19.5 Å². The van der Waals surface area contributed by atoms with Gasteiger partial charge >= 0.3 is 0 Å². The molecular formula is C26H27ClN2O6S. The van der Waals surface area contributed by atoms with Crippen LogP contribution in [0.5, 0.6) is 17.2 Å². The molecule has 0 aromatic heterocycles. The van der Waals surface area contributed by atoms with Gasteiger partial charge in [0.05, 0.1) is 30.8 Å². The number of anilines is 1. The van der Waals surface area contributed by atoms with Crippen molar-refractivity contribution in [1.29, 1.82) is 0 Å². The molecule has 3 aromatic rings. The van der Waals surface area contributed by atoms with E-state index in [9.17, 15) is 13.2 Å². The van der Waals surface area contributed by atoms with E-state index in [0.717, 1.165) is 21.2 Å². The predicted octanol–water partition coefficient (Wildman–Crippen LogP) is 4.12. The lowest BCUT2D eigenvalue weighted by atomic mass is 10.1. The molecule has 0 saturated heterocycles. The van der Waals surface area contributed by atoms with Crippen molar-refractivity contribution in [3.8, 4) is 17.2 Å². The first-order valence-corrected chi connectivity index (χ1v) is 13.1. The molecule has 10 heteroatoms. The van der Waals surface area contributed by atoms with Crippen molar-refractivity contribution in [2.75, 3.05) is 31.1 Å². The molecule has 1 N–H and O–H groups in total. The lowest BCUT2D eigenvalue weighted by Gasteiger charge is -2.34. The van der Waals surface area contributed by atoms with Gasteiger partial charge in [0.1, 0.15) is 23.9 Å². The summed E-state index contributed by atoms with van der Waals surface area (Å²) in [6.45, 7) is 4.19. The van der Waals surface area contributed by atoms with Crippen molar-refractivity contribution in [3.05, 3.63) is 76.8 Å². The number of rotatable bonds is 8. The largest absolute Gasteiger partial charge is 0.497 e. The van der Waals surface area contributed by atoms with E-state index < -0.39 is 22.0 Å². The van der Waals surface area contributed by atoms with Crippen molar-refractivity contribution >= 4 is 33.2 Å². The average Bonchev–Trinajstić information content (AvgIpc) is 2.87. The van der Waals surface area contributed by atoms with Crippen molar-refractivity contribution in [3.63, 3.8) is 0 Å². The van der Waals surface area contributed by atoms with Crippen LogP contribution in [0.4, 0.5) is 5.69 Å². The minimum absolute atomic E-state index is 0.0530. The number of sulfonamides is 1. The van der Waals surface area contributed by atoms with Gasteiger partial charge in [0.15, 0.2) is 6.10 Å². The third-order valence-electron chi connectivity index (χ3n) is 5.73. The van der Waals surface area contributed by atoms with Gasteiger partial charge in [-0.2, -0.15) is 0 Å². The summed E-state index contributed by atoms with van der Waals surface area (Å²) < 4.78 is 45.0. The molecule has 0 bridgehead atoms. The number of hydrogen-bond donors (Lipinski definition) is 1. The van der Waals surface area contributed by atoms with Gasteiger partial charge in [-0.15, -0.1) is 0 Å². The number of fused-ring (bicyclic) bond motifs is 1. The van der Waals surface area contributed by atoms with E-state index in [0.29, 0.717) is 10.8 Å². The van der Waals surface area contributed by atoms with Crippen LogP contribution in [0.15, 0.2) is 65.6 Å². The number of carbonyl (C=O) groups is 1. The molecule has 1 aliphatic heterocycles. The first kappa shape index (κ1) is 25.7. The van der Waals surface area contributed by atoms with Crippen LogP contribution in [0.25, 0.3) is 0 Å². The highest BCUT2D eigenvalue weighted by Crippen LogP contribution is 2.39. The fourth-order valence-corrected chi connectivity index (χ4v) is 5.41. The Morgan fingerprint density at radius 1 is 1.11 bits per heavy atom. The van der Waals surface area contributed by atoms with E-state index in [2.05, 4.69) is 5.32 Å². The zero-order valence-electron chi connectivity index (χ0n) is 20.2. The molecule has 0 fully saturated rings. The predicted molar refractivity (Wildman–Crippen MR) is 138 cm³/mol. The molecule has 1 amide bonds. The molecule has 36 heavy (non-hydrogen) atoms. The van der Waals surface area contributed by atoms with Gasteiger partial charge in [-0.1, -0.05) is 23.7 Å². The van der Waals surface area contributed by atoms with Crippen LogP contribution in [0, 0.1) is 13.8 Å². The van der Waals surface area contributed by atoms with Gasteiger partial charge in [0.2, 0.25) is 0 Å². The molecule has 1 unspecified atom stereocenters. The Labute approximate surface area is 215 Å². The van der Waals surface area contributed by atoms with E-state index >= 15 is 0 Å². The fraction of sp³-hybridized carbons (Fsp3) is 0.269. The van der Waals surface area contributed by atoms with Gasteiger partial charge in [-0.05, 0) is 73.5 Å². The van der Waals surface area contributed by atoms with Gasteiger partial charge in [0, 0.05) is 5.02 Å². The Morgan fingerprint density at radius 2 is 1.86 bits per heavy atom. The van der Waals surface area contributed by atoms with Crippen LogP contribution in [0.3, 0.4) is 0 Å². The number of ether oxygens (including phenoxy) is 3. The number of halogens is 1. The van der Waals surface area contributed by atoms with Gasteiger partial charge in [-0.25, -0.2) is 8.42 Å². The Kier molecular flexibility index (Phi) is 7.61. The molecule has 1 aliphatic rings. The van der Waals surface area contributed by atoms with Crippen molar-refractivity contribution in [2.45, 2.75) is 24.8 Å². The van der Waals surface area contributed by atoms with Gasteiger partial charge in [-0.3, -0.25) is 9.10 Å². The molecule has 0 saturated carbocycles. The molecule has 0 spiro atoms. The number of nitrogens with zero attached hydrogens (tertiary/aromatic N) is 1. The SMILES string of the molecule is COc1ccc(S(=O)(=O)N2CC(C(=O)NCCOc3cc(C)ccc3C)Oc3ccc(Cl)cc32)cc1. The zero-order chi connectivity index (χ0) is 25.9. The van der Waals surface area contributed by atoms with E-state index in [1.54, 1.807) is 24.3 Å². The maximum atomic E-state index is 13.5. The highest BCUT2D eigenvalue weighted by molar-refractivity contribution is 7.92. The second-order valence-electron chi connectivity index (χ2n) is 8.34. The van der Waals surface area contributed by atoms with Crippen LogP contribution in [-0.4, -0.2) is 47.2 Å². The lowest BCUT2D eigenvalue weighted by Crippen LogP contribution is -2.51. The summed E-state index contributed by atoms with van der Waals surface area (Å²) in [6.07, 6.45) is -1.06. The van der Waals surface area contributed by atoms with Crippen molar-refractivity contribution in [1.82, 2.24) is 5.32 Å². The first-order valence-electron chi connectivity index (χ1n) is 11.3. The number of methoxy groups -OCH3 is 1. The van der Waals surface area contributed by atoms with Crippen LogP contribution in [-0.2, 0) is 14.8 Å². The van der Waals surface area contributed by atoms with Crippen LogP contribution >= 0.6 is 11.6 Å². The van der Waals surface area contributed by atoms with E-state index in [-0.39, 0.29) is 36.0 Å². The molecule has 3 aromatic carbocycles. The minimum Gasteiger partial charge on any atom is -0.497 e. The van der Waals surface area contributed by atoms with Gasteiger partial charge in [0.25, 0.3) is 15.9 Å². The molecule has 8 nitrogen and oxygen atoms in total. The Hall–Kier alpha value is -3.43. The molecular weight excluding hydrogens is 504 g/mol. The Bertz CT molecular complexity index is 1360. The highest BCUT2D eigenvalue weighted by Gasteiger charge is 2.37. The van der Waals surface area contributed by atoms with Crippen molar-refractivity contribution < 1.29 is 27.4 Å². The topological polar surface area (TPSA) is 94.2 Å². The third-order valence-corrected chi connectivity index (χ3v) is 7.76. The number of hydrogen-bond acceptors (Lipinski definition) is 6.